The number of aryl methyl sites for hydroxylation is 1. The Labute approximate surface area is 80.9 Å². The van der Waals surface area contributed by atoms with Gasteiger partial charge in [0.15, 0.2) is 5.76 Å². The van der Waals surface area contributed by atoms with E-state index in [1.165, 1.54) is 0 Å². The summed E-state index contributed by atoms with van der Waals surface area (Å²) in [6.07, 6.45) is 1.58. The van der Waals surface area contributed by atoms with Crippen LogP contribution in [0.1, 0.15) is 24.4 Å². The average molecular weight is 193 g/mol. The van der Waals surface area contributed by atoms with Gasteiger partial charge in [0.1, 0.15) is 0 Å². The molecule has 14 heavy (non-hydrogen) atoms. The summed E-state index contributed by atoms with van der Waals surface area (Å²) in [7, 11) is 0. The summed E-state index contributed by atoms with van der Waals surface area (Å²) in [5, 5.41) is 7.66. The fourth-order valence-electron chi connectivity index (χ4n) is 1.10. The van der Waals surface area contributed by atoms with Crippen molar-refractivity contribution in [2.45, 2.75) is 19.9 Å². The van der Waals surface area contributed by atoms with Gasteiger partial charge in [-0.25, -0.2) is 0 Å². The molecule has 2 rings (SSSR count). The van der Waals surface area contributed by atoms with Crippen LogP contribution >= 0.6 is 0 Å². The highest BCUT2D eigenvalue weighted by molar-refractivity contribution is 5.49. The predicted octanol–water partition coefficient (Wildman–Crippen LogP) is 1.66. The maximum Gasteiger partial charge on any atom is 0.283 e. The van der Waals surface area contributed by atoms with Gasteiger partial charge in [-0.1, -0.05) is 0 Å². The summed E-state index contributed by atoms with van der Waals surface area (Å²) in [6, 6.07) is 1.58. The Morgan fingerprint density at radius 1 is 1.43 bits per heavy atom. The lowest BCUT2D eigenvalue weighted by Crippen LogP contribution is -2.04. The van der Waals surface area contributed by atoms with E-state index in [-0.39, 0.29) is 6.04 Å². The molecule has 5 heteroatoms. The molecule has 0 aliphatic carbocycles. The number of hydrogen-bond donors (Lipinski definition) is 1. The van der Waals surface area contributed by atoms with Crippen LogP contribution in [0.2, 0.25) is 0 Å². The molecule has 1 atom stereocenters. The summed E-state index contributed by atoms with van der Waals surface area (Å²) < 4.78 is 10.5. The lowest BCUT2D eigenvalue weighted by molar-refractivity contribution is 0.456. The topological polar surface area (TPSA) is 78.1 Å². The maximum absolute atomic E-state index is 5.59. The Morgan fingerprint density at radius 3 is 2.71 bits per heavy atom. The molecule has 2 N–H and O–H groups in total. The van der Waals surface area contributed by atoms with E-state index in [1.807, 2.05) is 13.0 Å². The standard InChI is InChI=1S/C9H11N3O2/c1-5-3-4-13-7(5)9-12-11-8(14-9)6(2)10/h3-4,6H,10H2,1-2H3. The third kappa shape index (κ3) is 1.42. The van der Waals surface area contributed by atoms with Gasteiger partial charge in [-0.05, 0) is 19.9 Å². The fraction of sp³-hybridized carbons (Fsp3) is 0.333. The van der Waals surface area contributed by atoms with Gasteiger partial charge < -0.3 is 14.6 Å². The third-order valence-corrected chi connectivity index (χ3v) is 1.89. The number of rotatable bonds is 2. The van der Waals surface area contributed by atoms with Crippen molar-refractivity contribution in [3.8, 4) is 11.7 Å². The van der Waals surface area contributed by atoms with Crippen LogP contribution in [0, 0.1) is 6.92 Å². The monoisotopic (exact) mass is 193 g/mol. The second kappa shape index (κ2) is 3.26. The molecule has 1 unspecified atom stereocenters. The quantitative estimate of drug-likeness (QED) is 0.784. The van der Waals surface area contributed by atoms with E-state index in [4.69, 9.17) is 14.6 Å². The molecule has 0 saturated heterocycles. The minimum atomic E-state index is -0.258. The molecule has 0 bridgehead atoms. The Balaban J connectivity index is 2.39. The van der Waals surface area contributed by atoms with Crippen molar-refractivity contribution in [1.29, 1.82) is 0 Å². The first-order valence-electron chi connectivity index (χ1n) is 4.32. The lowest BCUT2D eigenvalue weighted by atomic mass is 10.3. The Bertz CT molecular complexity index is 431. The molecule has 0 radical (unpaired) electrons. The molecule has 0 amide bonds. The van der Waals surface area contributed by atoms with Crippen LogP contribution in [0.4, 0.5) is 0 Å². The zero-order chi connectivity index (χ0) is 10.1. The molecular weight excluding hydrogens is 182 g/mol. The molecule has 0 aliphatic heterocycles. The lowest BCUT2D eigenvalue weighted by Gasteiger charge is -1.94. The summed E-state index contributed by atoms with van der Waals surface area (Å²) >= 11 is 0. The van der Waals surface area contributed by atoms with Crippen molar-refractivity contribution in [2.75, 3.05) is 0 Å². The highest BCUT2D eigenvalue weighted by atomic mass is 16.4. The van der Waals surface area contributed by atoms with Crippen molar-refractivity contribution >= 4 is 0 Å². The maximum atomic E-state index is 5.59. The predicted molar refractivity (Wildman–Crippen MR) is 49.3 cm³/mol. The minimum Gasteiger partial charge on any atom is -0.459 e. The fourth-order valence-corrected chi connectivity index (χ4v) is 1.10. The van der Waals surface area contributed by atoms with Gasteiger partial charge in [-0.2, -0.15) is 0 Å². The van der Waals surface area contributed by atoms with Crippen LogP contribution < -0.4 is 5.73 Å². The average Bonchev–Trinajstić information content (AvgIpc) is 2.71. The smallest absolute Gasteiger partial charge is 0.283 e. The number of nitrogens with two attached hydrogens (primary N) is 1. The van der Waals surface area contributed by atoms with Gasteiger partial charge in [0.2, 0.25) is 5.89 Å². The van der Waals surface area contributed by atoms with E-state index in [1.54, 1.807) is 13.2 Å². The van der Waals surface area contributed by atoms with Crippen LogP contribution in [0.5, 0.6) is 0 Å². The highest BCUT2D eigenvalue weighted by Crippen LogP contribution is 2.23. The molecule has 0 spiro atoms. The van der Waals surface area contributed by atoms with Crippen LogP contribution in [0.15, 0.2) is 21.2 Å². The Kier molecular flexibility index (Phi) is 2.09. The summed E-state index contributed by atoms with van der Waals surface area (Å²) in [5.74, 6) is 1.39. The van der Waals surface area contributed by atoms with Crippen LogP contribution in [0.3, 0.4) is 0 Å². The first kappa shape index (κ1) is 8.96. The SMILES string of the molecule is Cc1ccoc1-c1nnc(C(C)N)o1. The second-order valence-electron chi connectivity index (χ2n) is 3.17. The first-order valence-corrected chi connectivity index (χ1v) is 4.32. The number of hydrogen-bond acceptors (Lipinski definition) is 5. The molecule has 74 valence electrons. The molecule has 0 fully saturated rings. The molecule has 2 heterocycles. The van der Waals surface area contributed by atoms with Gasteiger partial charge in [-0.3, -0.25) is 0 Å². The number of aromatic nitrogens is 2. The molecular formula is C9H11N3O2. The van der Waals surface area contributed by atoms with Crippen LogP contribution in [0.25, 0.3) is 11.7 Å². The first-order chi connectivity index (χ1) is 6.68. The molecule has 0 aromatic carbocycles. The third-order valence-electron chi connectivity index (χ3n) is 1.89. The van der Waals surface area contributed by atoms with Gasteiger partial charge in [0, 0.05) is 5.56 Å². The Hall–Kier alpha value is -1.62. The normalized spacial score (nSPS) is 13.1. The van der Waals surface area contributed by atoms with E-state index >= 15 is 0 Å². The molecule has 0 aliphatic rings. The highest BCUT2D eigenvalue weighted by Gasteiger charge is 2.15. The van der Waals surface area contributed by atoms with Crippen LogP contribution in [-0.4, -0.2) is 10.2 Å². The van der Waals surface area contributed by atoms with Crippen molar-refractivity contribution < 1.29 is 8.83 Å². The summed E-state index contributed by atoms with van der Waals surface area (Å²) in [5.41, 5.74) is 6.55. The van der Waals surface area contributed by atoms with E-state index in [0.29, 0.717) is 17.5 Å². The van der Waals surface area contributed by atoms with Gasteiger partial charge in [0.25, 0.3) is 5.89 Å². The van der Waals surface area contributed by atoms with Crippen LogP contribution in [-0.2, 0) is 0 Å². The van der Waals surface area contributed by atoms with Crippen molar-refractivity contribution in [2.24, 2.45) is 5.73 Å². The largest absolute Gasteiger partial charge is 0.459 e. The van der Waals surface area contributed by atoms with E-state index < -0.39 is 0 Å². The number of furan rings is 1. The van der Waals surface area contributed by atoms with E-state index in [2.05, 4.69) is 10.2 Å². The Morgan fingerprint density at radius 2 is 2.21 bits per heavy atom. The van der Waals surface area contributed by atoms with Crippen molar-refractivity contribution in [1.82, 2.24) is 10.2 Å². The zero-order valence-electron chi connectivity index (χ0n) is 8.02. The summed E-state index contributed by atoms with van der Waals surface area (Å²) in [4.78, 5) is 0. The second-order valence-corrected chi connectivity index (χ2v) is 3.17. The van der Waals surface area contributed by atoms with Gasteiger partial charge >= 0.3 is 0 Å². The molecule has 2 aromatic heterocycles. The summed E-state index contributed by atoms with van der Waals surface area (Å²) in [6.45, 7) is 3.70. The van der Waals surface area contributed by atoms with E-state index in [9.17, 15) is 0 Å². The number of nitrogens with zero attached hydrogens (tertiary/aromatic N) is 2. The molecule has 2 aromatic rings. The van der Waals surface area contributed by atoms with E-state index in [0.717, 1.165) is 5.56 Å². The van der Waals surface area contributed by atoms with Crippen molar-refractivity contribution in [3.05, 3.63) is 23.8 Å². The minimum absolute atomic E-state index is 0.258. The molecule has 5 nitrogen and oxygen atoms in total. The van der Waals surface area contributed by atoms with Crippen molar-refractivity contribution in [3.63, 3.8) is 0 Å². The zero-order valence-corrected chi connectivity index (χ0v) is 8.02. The molecule has 0 saturated carbocycles. The van der Waals surface area contributed by atoms with Gasteiger partial charge in [-0.15, -0.1) is 10.2 Å². The van der Waals surface area contributed by atoms with Gasteiger partial charge in [0.05, 0.1) is 12.3 Å².